The van der Waals surface area contributed by atoms with Gasteiger partial charge in [0.05, 0.1) is 5.02 Å². The molecule has 2 aromatic carbocycles. The van der Waals surface area contributed by atoms with E-state index in [0.29, 0.717) is 5.92 Å². The summed E-state index contributed by atoms with van der Waals surface area (Å²) in [5.41, 5.74) is 1.99. The van der Waals surface area contributed by atoms with Crippen molar-refractivity contribution in [1.29, 1.82) is 0 Å². The Morgan fingerprint density at radius 2 is 1.55 bits per heavy atom. The summed E-state index contributed by atoms with van der Waals surface area (Å²) in [6.07, 6.45) is 1.56. The molecule has 0 aliphatic heterocycles. The van der Waals surface area contributed by atoms with Crippen LogP contribution < -0.4 is 0 Å². The molecule has 0 saturated heterocycles. The van der Waals surface area contributed by atoms with Gasteiger partial charge in [-0.15, -0.1) is 0 Å². The average Bonchev–Trinajstić information content (AvgIpc) is 2.44. The van der Waals surface area contributed by atoms with Gasteiger partial charge in [0.1, 0.15) is 11.6 Å². The Bertz CT molecular complexity index is 569. The summed E-state index contributed by atoms with van der Waals surface area (Å²) in [4.78, 5) is 0. The van der Waals surface area contributed by atoms with E-state index in [9.17, 15) is 8.78 Å². The lowest BCUT2D eigenvalue weighted by atomic mass is 9.94. The fourth-order valence-corrected chi connectivity index (χ4v) is 2.71. The molecule has 0 N–H and O–H groups in total. The van der Waals surface area contributed by atoms with E-state index >= 15 is 0 Å². The molecule has 106 valence electrons. The molecule has 2 rings (SSSR count). The van der Waals surface area contributed by atoms with E-state index in [2.05, 4.69) is 15.9 Å². The molecule has 0 aromatic heterocycles. The minimum Gasteiger partial charge on any atom is -0.207 e. The lowest BCUT2D eigenvalue weighted by molar-refractivity contribution is 0.580. The third kappa shape index (κ3) is 4.29. The van der Waals surface area contributed by atoms with Crippen LogP contribution in [0.5, 0.6) is 0 Å². The topological polar surface area (TPSA) is 0 Å². The Kier molecular flexibility index (Phi) is 5.55. The largest absolute Gasteiger partial charge is 0.207 e. The maximum absolute atomic E-state index is 13.4. The van der Waals surface area contributed by atoms with Crippen LogP contribution in [0.25, 0.3) is 0 Å². The molecule has 1 atom stereocenters. The van der Waals surface area contributed by atoms with Crippen LogP contribution in [0.3, 0.4) is 0 Å². The van der Waals surface area contributed by atoms with Gasteiger partial charge in [-0.1, -0.05) is 45.7 Å². The molecular weight excluding hydrogens is 346 g/mol. The highest BCUT2D eigenvalue weighted by Crippen LogP contribution is 2.21. The molecule has 0 saturated carbocycles. The Morgan fingerprint density at radius 3 is 2.15 bits per heavy atom. The molecule has 0 nitrogen and oxygen atoms in total. The van der Waals surface area contributed by atoms with Crippen LogP contribution in [0.1, 0.15) is 11.1 Å². The molecule has 4 heteroatoms. The van der Waals surface area contributed by atoms with Crippen molar-refractivity contribution < 1.29 is 8.78 Å². The monoisotopic (exact) mass is 358 g/mol. The SMILES string of the molecule is Fc1ccc(CC(CBr)Cc2ccc(Cl)c(F)c2)cc1. The summed E-state index contributed by atoms with van der Waals surface area (Å²) in [7, 11) is 0. The van der Waals surface area contributed by atoms with Crippen LogP contribution >= 0.6 is 27.5 Å². The van der Waals surface area contributed by atoms with E-state index in [1.165, 1.54) is 18.2 Å². The number of hydrogen-bond donors (Lipinski definition) is 0. The van der Waals surface area contributed by atoms with Gasteiger partial charge in [-0.25, -0.2) is 8.78 Å². The molecule has 0 heterocycles. The molecule has 0 radical (unpaired) electrons. The van der Waals surface area contributed by atoms with Crippen molar-refractivity contribution in [1.82, 2.24) is 0 Å². The first-order valence-corrected chi connectivity index (χ1v) is 7.82. The van der Waals surface area contributed by atoms with Gasteiger partial charge in [0.15, 0.2) is 0 Å². The van der Waals surface area contributed by atoms with Gasteiger partial charge in [-0.05, 0) is 54.2 Å². The van der Waals surface area contributed by atoms with Crippen molar-refractivity contribution in [2.24, 2.45) is 5.92 Å². The number of rotatable bonds is 5. The van der Waals surface area contributed by atoms with Crippen molar-refractivity contribution >= 4 is 27.5 Å². The predicted molar refractivity (Wildman–Crippen MR) is 82.5 cm³/mol. The van der Waals surface area contributed by atoms with Crippen LogP contribution in [0.2, 0.25) is 5.02 Å². The average molecular weight is 360 g/mol. The van der Waals surface area contributed by atoms with Crippen molar-refractivity contribution in [3.05, 3.63) is 70.2 Å². The minimum atomic E-state index is -0.390. The Morgan fingerprint density at radius 1 is 0.950 bits per heavy atom. The highest BCUT2D eigenvalue weighted by molar-refractivity contribution is 9.09. The second kappa shape index (κ2) is 7.19. The van der Waals surface area contributed by atoms with Crippen LogP contribution in [-0.2, 0) is 12.8 Å². The zero-order valence-electron chi connectivity index (χ0n) is 10.8. The zero-order chi connectivity index (χ0) is 14.5. The lowest BCUT2D eigenvalue weighted by Crippen LogP contribution is -2.10. The number of alkyl halides is 1. The molecule has 20 heavy (non-hydrogen) atoms. The maximum Gasteiger partial charge on any atom is 0.142 e. The second-order valence-corrected chi connectivity index (χ2v) is 5.86. The van der Waals surface area contributed by atoms with E-state index in [4.69, 9.17) is 11.6 Å². The highest BCUT2D eigenvalue weighted by Gasteiger charge is 2.11. The molecule has 0 amide bonds. The third-order valence-corrected chi connectivity index (χ3v) is 4.39. The predicted octanol–water partition coefficient (Wildman–Crippen LogP) is 5.41. The van der Waals surface area contributed by atoms with Crippen LogP contribution in [-0.4, -0.2) is 5.33 Å². The van der Waals surface area contributed by atoms with Crippen LogP contribution in [0.15, 0.2) is 42.5 Å². The third-order valence-electron chi connectivity index (χ3n) is 3.16. The zero-order valence-corrected chi connectivity index (χ0v) is 13.1. The van der Waals surface area contributed by atoms with E-state index in [1.54, 1.807) is 18.2 Å². The Hall–Kier alpha value is -0.930. The quantitative estimate of drug-likeness (QED) is 0.626. The van der Waals surface area contributed by atoms with Crippen LogP contribution in [0, 0.1) is 17.6 Å². The van der Waals surface area contributed by atoms with Crippen LogP contribution in [0.4, 0.5) is 8.78 Å². The first kappa shape index (κ1) is 15.5. The number of halogens is 4. The summed E-state index contributed by atoms with van der Waals surface area (Å²) in [5, 5.41) is 0.942. The fourth-order valence-electron chi connectivity index (χ4n) is 2.14. The summed E-state index contributed by atoms with van der Waals surface area (Å²) < 4.78 is 26.3. The first-order chi connectivity index (χ1) is 9.58. The number of benzene rings is 2. The van der Waals surface area contributed by atoms with Gasteiger partial charge in [-0.2, -0.15) is 0 Å². The van der Waals surface area contributed by atoms with Gasteiger partial charge in [-0.3, -0.25) is 0 Å². The summed E-state index contributed by atoms with van der Waals surface area (Å²) in [5.74, 6) is -0.302. The van der Waals surface area contributed by atoms with Gasteiger partial charge in [0.2, 0.25) is 0 Å². The van der Waals surface area contributed by atoms with E-state index in [-0.39, 0.29) is 16.7 Å². The van der Waals surface area contributed by atoms with Crippen molar-refractivity contribution in [3.63, 3.8) is 0 Å². The minimum absolute atomic E-state index is 0.141. The standard InChI is InChI=1S/C16H14BrClF2/c17-10-13(7-11-1-4-14(19)5-2-11)8-12-3-6-15(18)16(20)9-12/h1-6,9,13H,7-8,10H2. The second-order valence-electron chi connectivity index (χ2n) is 4.80. The van der Waals surface area contributed by atoms with E-state index in [0.717, 1.165) is 29.3 Å². The molecule has 0 aliphatic rings. The highest BCUT2D eigenvalue weighted by atomic mass is 79.9. The van der Waals surface area contributed by atoms with Gasteiger partial charge >= 0.3 is 0 Å². The molecule has 0 aliphatic carbocycles. The van der Waals surface area contributed by atoms with Gasteiger partial charge < -0.3 is 0 Å². The van der Waals surface area contributed by atoms with Crippen molar-refractivity contribution in [2.45, 2.75) is 12.8 Å². The molecular formula is C16H14BrClF2. The summed E-state index contributed by atoms with van der Waals surface area (Å²) in [6, 6.07) is 11.4. The first-order valence-electron chi connectivity index (χ1n) is 6.33. The van der Waals surface area contributed by atoms with E-state index < -0.39 is 0 Å². The smallest absolute Gasteiger partial charge is 0.142 e. The van der Waals surface area contributed by atoms with Gasteiger partial charge in [0.25, 0.3) is 0 Å². The van der Waals surface area contributed by atoms with Crippen molar-refractivity contribution in [2.75, 3.05) is 5.33 Å². The number of hydrogen-bond acceptors (Lipinski definition) is 0. The lowest BCUT2D eigenvalue weighted by Gasteiger charge is -2.14. The molecule has 2 aromatic rings. The van der Waals surface area contributed by atoms with Gasteiger partial charge in [0, 0.05) is 5.33 Å². The molecule has 0 spiro atoms. The summed E-state index contributed by atoms with van der Waals surface area (Å²) in [6.45, 7) is 0. The Labute approximate surface area is 130 Å². The maximum atomic E-state index is 13.4. The molecule has 0 bridgehead atoms. The molecule has 0 fully saturated rings. The summed E-state index contributed by atoms with van der Waals surface area (Å²) >= 11 is 9.16. The Balaban J connectivity index is 2.04. The molecule has 1 unspecified atom stereocenters. The normalized spacial score (nSPS) is 12.4. The fraction of sp³-hybridized carbons (Fsp3) is 0.250. The van der Waals surface area contributed by atoms with E-state index in [1.807, 2.05) is 6.07 Å². The van der Waals surface area contributed by atoms with Crippen molar-refractivity contribution in [3.8, 4) is 0 Å².